The van der Waals surface area contributed by atoms with E-state index in [4.69, 9.17) is 0 Å². The van der Waals surface area contributed by atoms with Crippen molar-refractivity contribution in [2.24, 2.45) is 5.41 Å². The smallest absolute Gasteiger partial charge is 0.408 e. The topological polar surface area (TPSA) is 60.8 Å². The van der Waals surface area contributed by atoms with E-state index in [0.717, 1.165) is 25.7 Å². The van der Waals surface area contributed by atoms with Crippen molar-refractivity contribution in [2.45, 2.75) is 71.4 Å². The van der Waals surface area contributed by atoms with Crippen molar-refractivity contribution in [3.8, 4) is 0 Å². The SMILES string of the molecule is CC(CO)N(C(=O)O)C1(C(C)(C)C)CCCCC1. The normalized spacial score (nSPS) is 21.4. The number of nitrogens with zero attached hydrogens (tertiary/aromatic N) is 1. The molecule has 0 heterocycles. The van der Waals surface area contributed by atoms with Gasteiger partial charge in [0.05, 0.1) is 18.2 Å². The third-order valence-corrected chi connectivity index (χ3v) is 4.45. The fraction of sp³-hybridized carbons (Fsp3) is 0.929. The molecule has 0 bridgehead atoms. The minimum atomic E-state index is -0.909. The van der Waals surface area contributed by atoms with E-state index in [1.165, 1.54) is 11.3 Å². The van der Waals surface area contributed by atoms with Crippen LogP contribution in [0.3, 0.4) is 0 Å². The lowest BCUT2D eigenvalue weighted by Crippen LogP contribution is -2.63. The lowest BCUT2D eigenvalue weighted by molar-refractivity contribution is -0.0530. The molecular formula is C14H27NO3. The van der Waals surface area contributed by atoms with Crippen LogP contribution in [0, 0.1) is 5.41 Å². The maximum Gasteiger partial charge on any atom is 0.408 e. The van der Waals surface area contributed by atoms with Gasteiger partial charge in [-0.25, -0.2) is 4.79 Å². The number of hydrogen-bond donors (Lipinski definition) is 2. The van der Waals surface area contributed by atoms with Crippen LogP contribution in [0.4, 0.5) is 4.79 Å². The fourth-order valence-corrected chi connectivity index (χ4v) is 3.36. The highest BCUT2D eigenvalue weighted by atomic mass is 16.4. The van der Waals surface area contributed by atoms with Gasteiger partial charge >= 0.3 is 6.09 Å². The molecule has 4 heteroatoms. The second-order valence-corrected chi connectivity index (χ2v) is 6.53. The van der Waals surface area contributed by atoms with E-state index in [1.807, 2.05) is 0 Å². The third kappa shape index (κ3) is 2.63. The molecule has 1 fully saturated rings. The zero-order chi connectivity index (χ0) is 14.0. The second-order valence-electron chi connectivity index (χ2n) is 6.53. The molecule has 0 radical (unpaired) electrons. The Hall–Kier alpha value is -0.770. The van der Waals surface area contributed by atoms with Crippen molar-refractivity contribution in [2.75, 3.05) is 6.61 Å². The van der Waals surface area contributed by atoms with Crippen LogP contribution < -0.4 is 0 Å². The van der Waals surface area contributed by atoms with Crippen LogP contribution in [0.1, 0.15) is 59.8 Å². The molecule has 1 aliphatic rings. The Kier molecular flexibility index (Phi) is 4.65. The Balaban J connectivity index is 3.18. The van der Waals surface area contributed by atoms with E-state index in [2.05, 4.69) is 20.8 Å². The zero-order valence-corrected chi connectivity index (χ0v) is 12.1. The van der Waals surface area contributed by atoms with Gasteiger partial charge in [-0.15, -0.1) is 0 Å². The highest BCUT2D eigenvalue weighted by Gasteiger charge is 2.50. The molecule has 0 aromatic rings. The van der Waals surface area contributed by atoms with Crippen molar-refractivity contribution < 1.29 is 15.0 Å². The number of aliphatic hydroxyl groups is 1. The lowest BCUT2D eigenvalue weighted by Gasteiger charge is -2.55. The predicted octanol–water partition coefficient (Wildman–Crippen LogP) is 3.10. The first-order valence-corrected chi connectivity index (χ1v) is 6.89. The van der Waals surface area contributed by atoms with Gasteiger partial charge in [0.1, 0.15) is 0 Å². The van der Waals surface area contributed by atoms with E-state index < -0.39 is 6.09 Å². The van der Waals surface area contributed by atoms with E-state index in [0.29, 0.717) is 0 Å². The van der Waals surface area contributed by atoms with E-state index >= 15 is 0 Å². The van der Waals surface area contributed by atoms with Crippen molar-refractivity contribution in [1.82, 2.24) is 4.90 Å². The minimum Gasteiger partial charge on any atom is -0.465 e. The van der Waals surface area contributed by atoms with Crippen LogP contribution in [0.15, 0.2) is 0 Å². The molecule has 0 aromatic carbocycles. The molecular weight excluding hydrogens is 230 g/mol. The highest BCUT2D eigenvalue weighted by molar-refractivity contribution is 5.67. The summed E-state index contributed by atoms with van der Waals surface area (Å²) in [5, 5.41) is 18.9. The molecule has 0 saturated heterocycles. The van der Waals surface area contributed by atoms with Crippen LogP contribution in [0.25, 0.3) is 0 Å². The zero-order valence-electron chi connectivity index (χ0n) is 12.1. The fourth-order valence-electron chi connectivity index (χ4n) is 3.36. The number of carbonyl (C=O) groups is 1. The Morgan fingerprint density at radius 1 is 1.28 bits per heavy atom. The summed E-state index contributed by atoms with van der Waals surface area (Å²) < 4.78 is 0. The average molecular weight is 257 g/mol. The summed E-state index contributed by atoms with van der Waals surface area (Å²) in [6, 6.07) is -0.347. The largest absolute Gasteiger partial charge is 0.465 e. The molecule has 0 spiro atoms. The monoisotopic (exact) mass is 257 g/mol. The second kappa shape index (κ2) is 5.47. The van der Waals surface area contributed by atoms with Crippen molar-refractivity contribution in [3.05, 3.63) is 0 Å². The Bertz CT molecular complexity index is 290. The summed E-state index contributed by atoms with van der Waals surface area (Å²) in [6.45, 7) is 8.00. The van der Waals surface area contributed by atoms with Crippen LogP contribution in [-0.2, 0) is 0 Å². The summed E-state index contributed by atoms with van der Waals surface area (Å²) in [6.07, 6.45) is 4.20. The van der Waals surface area contributed by atoms with Crippen molar-refractivity contribution >= 4 is 6.09 Å². The summed E-state index contributed by atoms with van der Waals surface area (Å²) in [5.41, 5.74) is -0.464. The van der Waals surface area contributed by atoms with Gasteiger partial charge < -0.3 is 10.2 Å². The number of carboxylic acid groups (broad SMARTS) is 1. The van der Waals surface area contributed by atoms with Crippen LogP contribution >= 0.6 is 0 Å². The Labute approximate surface area is 110 Å². The van der Waals surface area contributed by atoms with Crippen LogP contribution in [-0.4, -0.2) is 39.4 Å². The molecule has 2 N–H and O–H groups in total. The molecule has 0 aliphatic heterocycles. The molecule has 0 aromatic heterocycles. The number of hydrogen-bond acceptors (Lipinski definition) is 2. The van der Waals surface area contributed by atoms with E-state index in [9.17, 15) is 15.0 Å². The maximum absolute atomic E-state index is 11.7. The number of rotatable bonds is 3. The third-order valence-electron chi connectivity index (χ3n) is 4.45. The van der Waals surface area contributed by atoms with Gasteiger partial charge in [0.25, 0.3) is 0 Å². The maximum atomic E-state index is 11.7. The predicted molar refractivity (Wildman–Crippen MR) is 71.7 cm³/mol. The van der Waals surface area contributed by atoms with Gasteiger partial charge in [-0.05, 0) is 25.2 Å². The van der Waals surface area contributed by atoms with Gasteiger partial charge in [0, 0.05) is 0 Å². The Morgan fingerprint density at radius 2 is 1.78 bits per heavy atom. The molecule has 18 heavy (non-hydrogen) atoms. The Morgan fingerprint density at radius 3 is 2.11 bits per heavy atom. The molecule has 1 saturated carbocycles. The molecule has 1 amide bonds. The van der Waals surface area contributed by atoms with Gasteiger partial charge in [-0.1, -0.05) is 40.0 Å². The first-order valence-electron chi connectivity index (χ1n) is 6.89. The summed E-state index contributed by atoms with van der Waals surface area (Å²) in [5.74, 6) is 0. The standard InChI is InChI=1S/C14H27NO3/c1-11(10-16)15(12(17)18)14(13(2,3)4)8-6-5-7-9-14/h11,16H,5-10H2,1-4H3,(H,17,18). The van der Waals surface area contributed by atoms with Crippen molar-refractivity contribution in [3.63, 3.8) is 0 Å². The summed E-state index contributed by atoms with van der Waals surface area (Å²) in [4.78, 5) is 13.2. The van der Waals surface area contributed by atoms with Gasteiger partial charge in [0.15, 0.2) is 0 Å². The lowest BCUT2D eigenvalue weighted by atomic mass is 9.64. The first-order chi connectivity index (χ1) is 8.26. The average Bonchev–Trinajstić information content (AvgIpc) is 2.28. The summed E-state index contributed by atoms with van der Waals surface area (Å²) >= 11 is 0. The van der Waals surface area contributed by atoms with E-state index in [1.54, 1.807) is 6.92 Å². The van der Waals surface area contributed by atoms with Crippen LogP contribution in [0.2, 0.25) is 0 Å². The molecule has 1 aliphatic carbocycles. The van der Waals surface area contributed by atoms with Gasteiger partial charge in [-0.3, -0.25) is 4.90 Å². The first kappa shape index (κ1) is 15.3. The minimum absolute atomic E-state index is 0.116. The van der Waals surface area contributed by atoms with Crippen LogP contribution in [0.5, 0.6) is 0 Å². The summed E-state index contributed by atoms with van der Waals surface area (Å²) in [7, 11) is 0. The molecule has 1 rings (SSSR count). The molecule has 106 valence electrons. The molecule has 1 atom stereocenters. The quantitative estimate of drug-likeness (QED) is 0.816. The molecule has 4 nitrogen and oxygen atoms in total. The highest BCUT2D eigenvalue weighted by Crippen LogP contribution is 2.47. The van der Waals surface area contributed by atoms with Gasteiger partial charge in [0.2, 0.25) is 0 Å². The number of aliphatic hydroxyl groups excluding tert-OH is 1. The van der Waals surface area contributed by atoms with E-state index in [-0.39, 0.29) is 23.6 Å². The molecule has 1 unspecified atom stereocenters. The number of amides is 1. The van der Waals surface area contributed by atoms with Gasteiger partial charge in [-0.2, -0.15) is 0 Å². The van der Waals surface area contributed by atoms with Crippen molar-refractivity contribution in [1.29, 1.82) is 0 Å².